The molecule has 12 nitrogen and oxygen atoms in total. The lowest BCUT2D eigenvalue weighted by molar-refractivity contribution is -0.135. The van der Waals surface area contributed by atoms with Crippen molar-refractivity contribution in [3.63, 3.8) is 0 Å². The number of carboxylic acid groups (broad SMARTS) is 1. The third-order valence-electron chi connectivity index (χ3n) is 7.02. The number of ether oxygens (including phenoxy) is 2. The van der Waals surface area contributed by atoms with Gasteiger partial charge in [-0.1, -0.05) is 13.8 Å². The summed E-state index contributed by atoms with van der Waals surface area (Å²) >= 11 is 4.98. The van der Waals surface area contributed by atoms with E-state index in [2.05, 4.69) is 31.2 Å². The number of imidazole rings is 1. The Morgan fingerprint density at radius 2 is 1.95 bits per heavy atom. The van der Waals surface area contributed by atoms with Crippen molar-refractivity contribution in [2.75, 3.05) is 25.6 Å². The number of carbonyl (C=O) groups excluding carboxylic acids is 1. The maximum Gasteiger partial charge on any atom is 0.405 e. The van der Waals surface area contributed by atoms with Crippen LogP contribution in [0.15, 0.2) is 33.0 Å². The Bertz CT molecular complexity index is 1340. The van der Waals surface area contributed by atoms with Gasteiger partial charge in [0, 0.05) is 29.0 Å². The predicted octanol–water partition coefficient (Wildman–Crippen LogP) is 3.92. The number of nitrogens with one attached hydrogen (secondary N) is 1. The number of hydrogen-bond acceptors (Lipinski definition) is 9. The van der Waals surface area contributed by atoms with Crippen molar-refractivity contribution in [3.05, 3.63) is 22.9 Å². The van der Waals surface area contributed by atoms with Crippen molar-refractivity contribution in [1.29, 1.82) is 0 Å². The van der Waals surface area contributed by atoms with Crippen molar-refractivity contribution in [2.45, 2.75) is 55.7 Å². The van der Waals surface area contributed by atoms with Gasteiger partial charge in [-0.3, -0.25) is 4.79 Å². The van der Waals surface area contributed by atoms with Gasteiger partial charge in [-0.05, 0) is 70.9 Å². The zero-order chi connectivity index (χ0) is 27.7. The van der Waals surface area contributed by atoms with Gasteiger partial charge in [0.1, 0.15) is 6.04 Å². The van der Waals surface area contributed by atoms with Gasteiger partial charge in [-0.15, -0.1) is 0 Å². The van der Waals surface area contributed by atoms with E-state index in [9.17, 15) is 9.59 Å². The van der Waals surface area contributed by atoms with Crippen LogP contribution in [0, 0.1) is 11.8 Å². The first-order chi connectivity index (χ1) is 18.7. The molecule has 0 unspecified atom stereocenters. The summed E-state index contributed by atoms with van der Waals surface area (Å²) in [4.78, 5) is 40.4. The Morgan fingerprint density at radius 3 is 2.64 bits per heavy atom. The Morgan fingerprint density at radius 1 is 1.23 bits per heavy atom. The number of benzene rings is 1. The molecule has 0 aromatic heterocycles. The molecule has 14 heteroatoms. The molecule has 4 N–H and O–H groups in total. The van der Waals surface area contributed by atoms with Crippen LogP contribution in [0.3, 0.4) is 0 Å². The van der Waals surface area contributed by atoms with Gasteiger partial charge in [-0.2, -0.15) is 0 Å². The number of nitrogens with two attached hydrogens (primary N) is 1. The predicted molar refractivity (Wildman–Crippen MR) is 147 cm³/mol. The number of hydrogen-bond donors (Lipinski definition) is 3. The number of amides is 2. The highest BCUT2D eigenvalue weighted by atomic mass is 79.9. The normalized spacial score (nSPS) is 16.2. The lowest BCUT2D eigenvalue weighted by Gasteiger charge is -2.35. The van der Waals surface area contributed by atoms with Crippen LogP contribution in [0.2, 0.25) is 0 Å². The fourth-order valence-corrected chi connectivity index (χ4v) is 6.18. The van der Waals surface area contributed by atoms with E-state index < -0.39 is 12.1 Å². The molecular formula is C25H30BrN7O5S. The molecule has 0 aliphatic carbocycles. The third-order valence-corrected chi connectivity index (χ3v) is 8.86. The van der Waals surface area contributed by atoms with Gasteiger partial charge in [0.15, 0.2) is 34.0 Å². The van der Waals surface area contributed by atoms with Gasteiger partial charge in [0.25, 0.3) is 0 Å². The maximum absolute atomic E-state index is 12.9. The average Bonchev–Trinajstić information content (AvgIpc) is 3.54. The summed E-state index contributed by atoms with van der Waals surface area (Å²) in [6, 6.07) is 3.03. The molecule has 1 saturated heterocycles. The Labute approximate surface area is 238 Å². The fraction of sp³-hybridized carbons (Fsp3) is 0.480. The topological polar surface area (TPSA) is 158 Å². The molecular weight excluding hydrogens is 590 g/mol. The van der Waals surface area contributed by atoms with Crippen molar-refractivity contribution >= 4 is 45.5 Å². The summed E-state index contributed by atoms with van der Waals surface area (Å²) in [6.07, 6.45) is 3.10. The van der Waals surface area contributed by atoms with Gasteiger partial charge in [0.2, 0.25) is 12.7 Å². The van der Waals surface area contributed by atoms with Crippen LogP contribution >= 0.6 is 27.7 Å². The van der Waals surface area contributed by atoms with Crippen LogP contribution in [-0.2, 0) is 11.3 Å². The number of halogens is 1. The summed E-state index contributed by atoms with van der Waals surface area (Å²) < 4.78 is 13.8. The number of nitrogens with zero attached hydrogens (tertiary/aromatic N) is 5. The zero-order valence-electron chi connectivity index (χ0n) is 21.6. The summed E-state index contributed by atoms with van der Waals surface area (Å²) in [5.74, 6) is 2.51. The first-order valence-electron chi connectivity index (χ1n) is 12.7. The van der Waals surface area contributed by atoms with Gasteiger partial charge in [0.05, 0.1) is 6.33 Å². The van der Waals surface area contributed by atoms with E-state index in [4.69, 9.17) is 25.3 Å². The highest BCUT2D eigenvalue weighted by molar-refractivity contribution is 9.10. The van der Waals surface area contributed by atoms with Gasteiger partial charge >= 0.3 is 6.09 Å². The largest absolute Gasteiger partial charge is 0.465 e. The molecule has 2 amide bonds. The van der Waals surface area contributed by atoms with Crippen LogP contribution in [0.4, 0.5) is 10.6 Å². The number of anilines is 1. The van der Waals surface area contributed by atoms with Crippen LogP contribution < -0.4 is 20.5 Å². The van der Waals surface area contributed by atoms with Crippen LogP contribution in [0.1, 0.15) is 33.1 Å². The molecule has 0 radical (unpaired) electrons. The quantitative estimate of drug-likeness (QED) is 0.337. The molecule has 4 aliphatic heterocycles. The first kappa shape index (κ1) is 27.3. The van der Waals surface area contributed by atoms with Gasteiger partial charge < -0.3 is 35.1 Å². The highest BCUT2D eigenvalue weighted by Gasteiger charge is 2.31. The van der Waals surface area contributed by atoms with Crippen LogP contribution in [-0.4, -0.2) is 67.5 Å². The zero-order valence-corrected chi connectivity index (χ0v) is 24.0. The Balaban J connectivity index is 1.22. The molecule has 1 aromatic rings. The second-order valence-corrected chi connectivity index (χ2v) is 11.8. The average molecular weight is 621 g/mol. The summed E-state index contributed by atoms with van der Waals surface area (Å²) in [5.41, 5.74) is 6.69. The Kier molecular flexibility index (Phi) is 8.03. The number of likely N-dealkylation sites (tertiary alicyclic amines) is 1. The molecule has 4 heterocycles. The van der Waals surface area contributed by atoms with Crippen LogP contribution in [0.5, 0.6) is 11.5 Å². The molecule has 208 valence electrons. The smallest absolute Gasteiger partial charge is 0.405 e. The van der Waals surface area contributed by atoms with E-state index in [0.29, 0.717) is 59.5 Å². The van der Waals surface area contributed by atoms with Crippen molar-refractivity contribution < 1.29 is 24.2 Å². The molecule has 0 spiro atoms. The molecule has 1 aromatic carbocycles. The molecule has 0 bridgehead atoms. The van der Waals surface area contributed by atoms with E-state index in [1.165, 1.54) is 11.8 Å². The van der Waals surface area contributed by atoms with Crippen molar-refractivity contribution in [3.8, 4) is 23.0 Å². The standard InChI is InChI=1S/C25H30BrN7O5S/c1-13(2)19(30-25(35)36)23(34)32-6-3-14(4-7-32)5-8-33-11-28-21(27)20-22(33)31-24(29-20)39-18-10-17-16(9-15(18)26)37-12-38-17/h9-11,13-14,19,30H,3-8,12,27H2,1-2H3,(H,35,36)/t19-/m0/s1. The van der Waals surface area contributed by atoms with E-state index in [-0.39, 0.29) is 18.6 Å². The van der Waals surface area contributed by atoms with Crippen molar-refractivity contribution in [2.24, 2.45) is 11.8 Å². The number of fused-ring (bicyclic) bond motifs is 2. The highest BCUT2D eigenvalue weighted by Crippen LogP contribution is 2.43. The second-order valence-electron chi connectivity index (χ2n) is 9.97. The van der Waals surface area contributed by atoms with E-state index in [0.717, 1.165) is 28.6 Å². The minimum atomic E-state index is -1.18. The number of piperidine rings is 1. The molecule has 1 fully saturated rings. The van der Waals surface area contributed by atoms with E-state index in [1.54, 1.807) is 11.2 Å². The summed E-state index contributed by atoms with van der Waals surface area (Å²) in [6.45, 7) is 5.78. The van der Waals surface area contributed by atoms with Crippen LogP contribution in [0.25, 0.3) is 11.5 Å². The minimum Gasteiger partial charge on any atom is -0.465 e. The van der Waals surface area contributed by atoms with E-state index in [1.807, 2.05) is 30.5 Å². The molecule has 39 heavy (non-hydrogen) atoms. The first-order valence-corrected chi connectivity index (χ1v) is 14.3. The number of aryl methyl sites for hydroxylation is 1. The van der Waals surface area contributed by atoms with Crippen molar-refractivity contribution in [1.82, 2.24) is 29.7 Å². The number of aromatic nitrogens is 4. The molecule has 1 atom stereocenters. The number of carbonyl (C=O) groups is 2. The lowest BCUT2D eigenvalue weighted by Crippen LogP contribution is -2.52. The second kappa shape index (κ2) is 11.5. The molecule has 4 aliphatic rings. The summed E-state index contributed by atoms with van der Waals surface area (Å²) in [5, 5.41) is 12.0. The van der Waals surface area contributed by atoms with Gasteiger partial charge in [-0.25, -0.2) is 19.7 Å². The third kappa shape index (κ3) is 6.01. The summed E-state index contributed by atoms with van der Waals surface area (Å²) in [7, 11) is 0. The Hall–Kier alpha value is -3.26. The van der Waals surface area contributed by atoms with E-state index >= 15 is 0 Å². The number of rotatable bonds is 8. The SMILES string of the molecule is CC(C)[C@H](NC(=O)O)C(=O)N1CCC(CCn2cnc(N)c3nc(Sc4cc5c(cc4Br)OCO5)nc2-3)CC1. The monoisotopic (exact) mass is 619 g/mol. The fourth-order valence-electron chi connectivity index (χ4n) is 4.83. The maximum atomic E-state index is 12.9. The molecule has 5 rings (SSSR count). The lowest BCUT2D eigenvalue weighted by atomic mass is 9.92. The molecule has 0 saturated carbocycles. The number of nitrogen functional groups attached to an aromatic ring is 1. The minimum absolute atomic E-state index is 0.122.